The number of pyridine rings is 1. The number of rotatable bonds is 4. The Balaban J connectivity index is 1.53. The molecule has 1 nitrogen and oxygen atoms in total. The highest BCUT2D eigenvalue weighted by molar-refractivity contribution is 7.98. The quantitative estimate of drug-likeness (QED) is 0.159. The molecular formula is C40H27NS. The molecule has 0 aliphatic rings. The minimum absolute atomic E-state index is 1.17. The van der Waals surface area contributed by atoms with Gasteiger partial charge in [0, 0.05) is 17.3 Å². The Morgan fingerprint density at radius 3 is 1.52 bits per heavy atom. The molecule has 0 fully saturated rings. The summed E-state index contributed by atoms with van der Waals surface area (Å²) in [4.78, 5) is 5.53. The van der Waals surface area contributed by atoms with Gasteiger partial charge in [0.1, 0.15) is 0 Å². The second-order valence-electron chi connectivity index (χ2n) is 10.8. The molecule has 1 aromatic heterocycles. The zero-order chi connectivity index (χ0) is 28.0. The van der Waals surface area contributed by atoms with E-state index in [-0.39, 0.29) is 0 Å². The molecule has 198 valence electrons. The van der Waals surface area contributed by atoms with E-state index >= 15 is 0 Å². The van der Waals surface area contributed by atoms with Crippen molar-refractivity contribution < 1.29 is 0 Å². The van der Waals surface area contributed by atoms with Crippen LogP contribution in [-0.2, 0) is 0 Å². The summed E-state index contributed by atoms with van der Waals surface area (Å²) >= 11 is 1.79. The van der Waals surface area contributed by atoms with E-state index in [1.54, 1.807) is 11.8 Å². The summed E-state index contributed by atoms with van der Waals surface area (Å²) in [7, 11) is 0. The number of benzene rings is 7. The molecule has 0 saturated carbocycles. The predicted octanol–water partition coefficient (Wildman–Crippen LogP) is 11.4. The van der Waals surface area contributed by atoms with Crippen LogP contribution in [0.25, 0.3) is 76.5 Å². The lowest BCUT2D eigenvalue weighted by Crippen LogP contribution is -1.93. The predicted molar refractivity (Wildman–Crippen MR) is 182 cm³/mol. The highest BCUT2D eigenvalue weighted by Crippen LogP contribution is 2.46. The van der Waals surface area contributed by atoms with Crippen molar-refractivity contribution in [3.8, 4) is 33.4 Å². The van der Waals surface area contributed by atoms with Crippen LogP contribution in [0.15, 0.2) is 151 Å². The van der Waals surface area contributed by atoms with Crippen LogP contribution in [-0.4, -0.2) is 11.2 Å². The third-order valence-corrected chi connectivity index (χ3v) is 9.14. The van der Waals surface area contributed by atoms with Gasteiger partial charge in [-0.05, 0) is 125 Å². The average molecular weight is 554 g/mol. The largest absolute Gasteiger partial charge is 0.265 e. The van der Waals surface area contributed by atoms with Crippen molar-refractivity contribution in [3.05, 3.63) is 146 Å². The van der Waals surface area contributed by atoms with Crippen molar-refractivity contribution in [2.75, 3.05) is 6.26 Å². The standard InChI is InChI=1S/C40H27NS/c1-42-34-15-17-36-38(25-34)40(33-13-11-27-7-3-5-9-30(27)23-33)35-16-14-31(28-18-20-41-21-19-28)24-37(35)39(36)32-12-10-26-6-2-4-8-29(26)22-32/h2-25H,1H3. The molecule has 0 aliphatic carbocycles. The SMILES string of the molecule is CSc1ccc2c(-c3ccc4ccccc4c3)c3cc(-c4ccncc4)ccc3c(-c3ccc4ccccc4c3)c2c1. The van der Waals surface area contributed by atoms with Gasteiger partial charge in [0.2, 0.25) is 0 Å². The normalized spacial score (nSPS) is 11.5. The number of aromatic nitrogens is 1. The first-order valence-electron chi connectivity index (χ1n) is 14.2. The zero-order valence-electron chi connectivity index (χ0n) is 23.2. The second-order valence-corrected chi connectivity index (χ2v) is 11.7. The van der Waals surface area contributed by atoms with E-state index in [1.807, 2.05) is 12.4 Å². The summed E-state index contributed by atoms with van der Waals surface area (Å²) in [6.07, 6.45) is 5.90. The molecule has 7 aromatic carbocycles. The number of fused-ring (bicyclic) bond motifs is 4. The van der Waals surface area contributed by atoms with Crippen molar-refractivity contribution in [2.45, 2.75) is 4.90 Å². The summed E-state index contributed by atoms with van der Waals surface area (Å²) in [6, 6.07) is 49.1. The fourth-order valence-electron chi connectivity index (χ4n) is 6.37. The van der Waals surface area contributed by atoms with E-state index in [9.17, 15) is 0 Å². The molecule has 2 heteroatoms. The van der Waals surface area contributed by atoms with Gasteiger partial charge in [-0.15, -0.1) is 11.8 Å². The minimum atomic E-state index is 1.17. The molecule has 0 aliphatic heterocycles. The molecule has 0 radical (unpaired) electrons. The Kier molecular flexibility index (Phi) is 6.01. The summed E-state index contributed by atoms with van der Waals surface area (Å²) < 4.78 is 0. The van der Waals surface area contributed by atoms with E-state index in [1.165, 1.54) is 81.4 Å². The monoisotopic (exact) mass is 553 g/mol. The third-order valence-electron chi connectivity index (χ3n) is 8.41. The number of hydrogen-bond donors (Lipinski definition) is 0. The van der Waals surface area contributed by atoms with Crippen LogP contribution >= 0.6 is 11.8 Å². The maximum Gasteiger partial charge on any atom is 0.0273 e. The second kappa shape index (κ2) is 10.2. The molecule has 0 saturated heterocycles. The number of thioether (sulfide) groups is 1. The van der Waals surface area contributed by atoms with E-state index in [0.29, 0.717) is 0 Å². The van der Waals surface area contributed by atoms with Gasteiger partial charge in [0.25, 0.3) is 0 Å². The summed E-state index contributed by atoms with van der Waals surface area (Å²) in [5.74, 6) is 0. The zero-order valence-corrected chi connectivity index (χ0v) is 24.0. The summed E-state index contributed by atoms with van der Waals surface area (Å²) in [6.45, 7) is 0. The van der Waals surface area contributed by atoms with Gasteiger partial charge in [0.15, 0.2) is 0 Å². The van der Waals surface area contributed by atoms with Gasteiger partial charge in [-0.3, -0.25) is 4.98 Å². The van der Waals surface area contributed by atoms with Crippen LogP contribution in [0.4, 0.5) is 0 Å². The Labute approximate surface area is 249 Å². The van der Waals surface area contributed by atoms with Gasteiger partial charge in [-0.1, -0.05) is 91.0 Å². The van der Waals surface area contributed by atoms with Gasteiger partial charge in [0.05, 0.1) is 0 Å². The van der Waals surface area contributed by atoms with E-state index in [0.717, 1.165) is 0 Å². The van der Waals surface area contributed by atoms with Gasteiger partial charge in [-0.2, -0.15) is 0 Å². The van der Waals surface area contributed by atoms with Gasteiger partial charge in [-0.25, -0.2) is 0 Å². The van der Waals surface area contributed by atoms with E-state index < -0.39 is 0 Å². The summed E-state index contributed by atoms with van der Waals surface area (Å²) in [5.41, 5.74) is 7.39. The molecule has 0 atom stereocenters. The Bertz CT molecular complexity index is 2290. The van der Waals surface area contributed by atoms with Crippen LogP contribution in [0.3, 0.4) is 0 Å². The molecule has 1 heterocycles. The number of hydrogen-bond acceptors (Lipinski definition) is 2. The Morgan fingerprint density at radius 1 is 0.405 bits per heavy atom. The number of nitrogens with zero attached hydrogens (tertiary/aromatic N) is 1. The highest BCUT2D eigenvalue weighted by Gasteiger charge is 2.19. The smallest absolute Gasteiger partial charge is 0.0273 e. The third kappa shape index (κ3) is 4.15. The molecule has 8 aromatic rings. The van der Waals surface area contributed by atoms with Crippen LogP contribution in [0.1, 0.15) is 0 Å². The molecule has 8 rings (SSSR count). The van der Waals surface area contributed by atoms with Crippen molar-refractivity contribution in [1.29, 1.82) is 0 Å². The lowest BCUT2D eigenvalue weighted by atomic mass is 9.84. The maximum atomic E-state index is 4.26. The summed E-state index contributed by atoms with van der Waals surface area (Å²) in [5, 5.41) is 10.1. The fraction of sp³-hybridized carbons (Fsp3) is 0.0250. The molecule has 42 heavy (non-hydrogen) atoms. The van der Waals surface area contributed by atoms with Crippen LogP contribution in [0.2, 0.25) is 0 Å². The molecule has 0 bridgehead atoms. The fourth-order valence-corrected chi connectivity index (χ4v) is 6.81. The molecule has 0 amide bonds. The molecule has 0 N–H and O–H groups in total. The van der Waals surface area contributed by atoms with E-state index in [2.05, 4.69) is 145 Å². The topological polar surface area (TPSA) is 12.9 Å². The Morgan fingerprint density at radius 2 is 0.929 bits per heavy atom. The lowest BCUT2D eigenvalue weighted by Gasteiger charge is -2.20. The molecule has 0 spiro atoms. The first-order chi connectivity index (χ1) is 20.8. The van der Waals surface area contributed by atoms with Crippen LogP contribution < -0.4 is 0 Å². The van der Waals surface area contributed by atoms with E-state index in [4.69, 9.17) is 0 Å². The van der Waals surface area contributed by atoms with Crippen molar-refractivity contribution in [1.82, 2.24) is 4.98 Å². The van der Waals surface area contributed by atoms with Crippen molar-refractivity contribution >= 4 is 54.9 Å². The maximum absolute atomic E-state index is 4.26. The average Bonchev–Trinajstić information content (AvgIpc) is 3.06. The van der Waals surface area contributed by atoms with Gasteiger partial charge >= 0.3 is 0 Å². The first-order valence-corrected chi connectivity index (χ1v) is 15.5. The molecular weight excluding hydrogens is 527 g/mol. The highest BCUT2D eigenvalue weighted by atomic mass is 32.2. The molecule has 0 unspecified atom stereocenters. The van der Waals surface area contributed by atoms with Gasteiger partial charge < -0.3 is 0 Å². The van der Waals surface area contributed by atoms with Crippen molar-refractivity contribution in [2.24, 2.45) is 0 Å². The minimum Gasteiger partial charge on any atom is -0.265 e. The lowest BCUT2D eigenvalue weighted by molar-refractivity contribution is 1.33. The van der Waals surface area contributed by atoms with Crippen LogP contribution in [0, 0.1) is 0 Å². The van der Waals surface area contributed by atoms with Crippen LogP contribution in [0.5, 0.6) is 0 Å². The first kappa shape index (κ1) is 24.8. The Hall–Kier alpha value is -4.92. The van der Waals surface area contributed by atoms with Crippen molar-refractivity contribution in [3.63, 3.8) is 0 Å².